The molecule has 0 aliphatic carbocycles. The van der Waals surface area contributed by atoms with E-state index in [9.17, 15) is 14.4 Å². The lowest BCUT2D eigenvalue weighted by Crippen LogP contribution is -2.51. The fourth-order valence-electron chi connectivity index (χ4n) is 3.32. The number of piperazine rings is 1. The quantitative estimate of drug-likeness (QED) is 0.553. The van der Waals surface area contributed by atoms with Gasteiger partial charge in [-0.25, -0.2) is 19.7 Å². The van der Waals surface area contributed by atoms with Gasteiger partial charge in [-0.1, -0.05) is 30.3 Å². The number of imide groups is 2. The molecule has 0 spiro atoms. The summed E-state index contributed by atoms with van der Waals surface area (Å²) in [6.07, 6.45) is 3.40. The standard InChI is InChI=1S/C19H20N6O3/c26-16-17(27)25(19(28)24(16)13-15-5-2-1-3-6-15)14-22-9-11-23(12-10-22)18-20-7-4-8-21-18/h1-8H,9-14H2. The van der Waals surface area contributed by atoms with Crippen LogP contribution in [0.4, 0.5) is 10.7 Å². The second-order valence-corrected chi connectivity index (χ2v) is 6.69. The van der Waals surface area contributed by atoms with Crippen molar-refractivity contribution in [3.8, 4) is 0 Å². The van der Waals surface area contributed by atoms with E-state index < -0.39 is 17.8 Å². The van der Waals surface area contributed by atoms with Crippen molar-refractivity contribution >= 4 is 23.8 Å². The first kappa shape index (κ1) is 18.1. The number of rotatable bonds is 5. The zero-order valence-electron chi connectivity index (χ0n) is 15.3. The highest BCUT2D eigenvalue weighted by Crippen LogP contribution is 2.17. The Hall–Kier alpha value is -3.33. The summed E-state index contributed by atoms with van der Waals surface area (Å²) in [4.78, 5) is 51.8. The number of carbonyl (C=O) groups is 3. The van der Waals surface area contributed by atoms with E-state index in [-0.39, 0.29) is 13.2 Å². The predicted octanol–water partition coefficient (Wildman–Crippen LogP) is 0.547. The SMILES string of the molecule is O=C1C(=O)N(CN2CCN(c3ncccn3)CC2)C(=O)N1Cc1ccccc1. The Bertz CT molecular complexity index is 868. The van der Waals surface area contributed by atoms with Gasteiger partial charge in [0.1, 0.15) is 0 Å². The van der Waals surface area contributed by atoms with Crippen molar-refractivity contribution < 1.29 is 14.4 Å². The molecule has 2 aliphatic heterocycles. The van der Waals surface area contributed by atoms with Gasteiger partial charge in [0.15, 0.2) is 0 Å². The van der Waals surface area contributed by atoms with E-state index in [0.29, 0.717) is 32.1 Å². The molecular formula is C19H20N6O3. The van der Waals surface area contributed by atoms with Gasteiger partial charge in [0.25, 0.3) is 0 Å². The van der Waals surface area contributed by atoms with Crippen molar-refractivity contribution in [2.75, 3.05) is 37.7 Å². The van der Waals surface area contributed by atoms with Crippen LogP contribution in [0.1, 0.15) is 5.56 Å². The molecule has 28 heavy (non-hydrogen) atoms. The third-order valence-electron chi connectivity index (χ3n) is 4.87. The van der Waals surface area contributed by atoms with Crippen molar-refractivity contribution in [2.45, 2.75) is 6.54 Å². The van der Waals surface area contributed by atoms with Gasteiger partial charge in [-0.05, 0) is 11.6 Å². The van der Waals surface area contributed by atoms with Gasteiger partial charge in [-0.2, -0.15) is 0 Å². The van der Waals surface area contributed by atoms with Crippen LogP contribution in [0.25, 0.3) is 0 Å². The molecule has 1 aromatic heterocycles. The molecule has 1 aromatic carbocycles. The molecule has 0 radical (unpaired) electrons. The molecule has 2 saturated heterocycles. The lowest BCUT2D eigenvalue weighted by atomic mass is 10.2. The minimum atomic E-state index is -0.773. The van der Waals surface area contributed by atoms with Crippen LogP contribution in [-0.4, -0.2) is 75.4 Å². The highest BCUT2D eigenvalue weighted by molar-refractivity contribution is 6.44. The summed E-state index contributed by atoms with van der Waals surface area (Å²) in [7, 11) is 0. The van der Waals surface area contributed by atoms with Crippen LogP contribution in [0.3, 0.4) is 0 Å². The Morgan fingerprint density at radius 3 is 2.11 bits per heavy atom. The highest BCUT2D eigenvalue weighted by Gasteiger charge is 2.45. The fraction of sp³-hybridized carbons (Fsp3) is 0.316. The molecule has 0 atom stereocenters. The molecule has 0 unspecified atom stereocenters. The number of nitrogens with zero attached hydrogens (tertiary/aromatic N) is 6. The van der Waals surface area contributed by atoms with Gasteiger partial charge in [0.05, 0.1) is 13.2 Å². The van der Waals surface area contributed by atoms with Crippen LogP contribution >= 0.6 is 0 Å². The molecule has 9 heteroatoms. The molecule has 2 aliphatic rings. The number of carbonyl (C=O) groups excluding carboxylic acids is 3. The maximum Gasteiger partial charge on any atom is 0.335 e. The predicted molar refractivity (Wildman–Crippen MR) is 99.9 cm³/mol. The van der Waals surface area contributed by atoms with Crippen molar-refractivity contribution in [2.24, 2.45) is 0 Å². The Labute approximate surface area is 162 Å². The maximum absolute atomic E-state index is 12.6. The van der Waals surface area contributed by atoms with Crippen LogP contribution in [0.15, 0.2) is 48.8 Å². The van der Waals surface area contributed by atoms with Crippen LogP contribution in [-0.2, 0) is 16.1 Å². The average Bonchev–Trinajstić information content (AvgIpc) is 2.94. The first-order valence-electron chi connectivity index (χ1n) is 9.09. The Morgan fingerprint density at radius 2 is 1.43 bits per heavy atom. The molecule has 2 aromatic rings. The summed E-state index contributed by atoms with van der Waals surface area (Å²) in [6, 6.07) is 10.4. The van der Waals surface area contributed by atoms with Gasteiger partial charge < -0.3 is 4.90 Å². The van der Waals surface area contributed by atoms with Gasteiger partial charge in [-0.3, -0.25) is 19.4 Å². The second kappa shape index (κ2) is 7.73. The Morgan fingerprint density at radius 1 is 0.786 bits per heavy atom. The summed E-state index contributed by atoms with van der Waals surface area (Å²) in [5.74, 6) is -0.875. The minimum absolute atomic E-state index is 0.0971. The Balaban J connectivity index is 1.37. The van der Waals surface area contributed by atoms with E-state index in [1.54, 1.807) is 18.5 Å². The first-order chi connectivity index (χ1) is 13.6. The van der Waals surface area contributed by atoms with Crippen molar-refractivity contribution in [3.63, 3.8) is 0 Å². The van der Waals surface area contributed by atoms with E-state index >= 15 is 0 Å². The summed E-state index contributed by atoms with van der Waals surface area (Å²) < 4.78 is 0. The van der Waals surface area contributed by atoms with Gasteiger partial charge in [-0.15, -0.1) is 0 Å². The fourth-order valence-corrected chi connectivity index (χ4v) is 3.32. The lowest BCUT2D eigenvalue weighted by molar-refractivity contribution is -0.144. The van der Waals surface area contributed by atoms with Crippen LogP contribution < -0.4 is 4.90 Å². The molecular weight excluding hydrogens is 360 g/mol. The monoisotopic (exact) mass is 380 g/mol. The molecule has 2 fully saturated rings. The summed E-state index contributed by atoms with van der Waals surface area (Å²) in [6.45, 7) is 2.85. The molecule has 0 bridgehead atoms. The molecule has 3 heterocycles. The van der Waals surface area contributed by atoms with Crippen molar-refractivity contribution in [1.82, 2.24) is 24.7 Å². The van der Waals surface area contributed by atoms with E-state index in [1.807, 2.05) is 35.2 Å². The number of urea groups is 1. The zero-order valence-corrected chi connectivity index (χ0v) is 15.3. The Kier molecular flexibility index (Phi) is 4.98. The summed E-state index contributed by atoms with van der Waals surface area (Å²) >= 11 is 0. The van der Waals surface area contributed by atoms with Gasteiger partial charge in [0.2, 0.25) is 5.95 Å². The molecule has 0 saturated carbocycles. The number of hydrogen-bond acceptors (Lipinski definition) is 7. The molecule has 4 rings (SSSR count). The van der Waals surface area contributed by atoms with Gasteiger partial charge in [0, 0.05) is 38.6 Å². The third-order valence-corrected chi connectivity index (χ3v) is 4.87. The van der Waals surface area contributed by atoms with Crippen LogP contribution in [0.2, 0.25) is 0 Å². The van der Waals surface area contributed by atoms with Crippen LogP contribution in [0.5, 0.6) is 0 Å². The largest absolute Gasteiger partial charge is 0.338 e. The van der Waals surface area contributed by atoms with Gasteiger partial charge >= 0.3 is 17.8 Å². The average molecular weight is 380 g/mol. The lowest BCUT2D eigenvalue weighted by Gasteiger charge is -2.35. The number of anilines is 1. The van der Waals surface area contributed by atoms with E-state index in [0.717, 1.165) is 15.4 Å². The minimum Gasteiger partial charge on any atom is -0.338 e. The molecule has 0 N–H and O–H groups in total. The number of benzene rings is 1. The smallest absolute Gasteiger partial charge is 0.335 e. The van der Waals surface area contributed by atoms with Crippen molar-refractivity contribution in [1.29, 1.82) is 0 Å². The highest BCUT2D eigenvalue weighted by atomic mass is 16.2. The molecule has 144 valence electrons. The van der Waals surface area contributed by atoms with E-state index in [1.165, 1.54) is 0 Å². The van der Waals surface area contributed by atoms with Crippen molar-refractivity contribution in [3.05, 3.63) is 54.4 Å². The topological polar surface area (TPSA) is 90.0 Å². The number of aromatic nitrogens is 2. The first-order valence-corrected chi connectivity index (χ1v) is 9.09. The number of hydrogen-bond donors (Lipinski definition) is 0. The van der Waals surface area contributed by atoms with E-state index in [4.69, 9.17) is 0 Å². The normalized spacial score (nSPS) is 18.3. The molecule has 9 nitrogen and oxygen atoms in total. The zero-order chi connectivity index (χ0) is 19.5. The maximum atomic E-state index is 12.6. The second-order valence-electron chi connectivity index (χ2n) is 6.69. The molecule has 4 amide bonds. The third kappa shape index (κ3) is 3.56. The number of amides is 4. The van der Waals surface area contributed by atoms with E-state index in [2.05, 4.69) is 14.9 Å². The summed E-state index contributed by atoms with van der Waals surface area (Å²) in [5.41, 5.74) is 0.801. The van der Waals surface area contributed by atoms with Crippen LogP contribution in [0, 0.1) is 0 Å². The summed E-state index contributed by atoms with van der Waals surface area (Å²) in [5, 5.41) is 0.